The van der Waals surface area contributed by atoms with E-state index < -0.39 is 54.6 Å². The first-order valence-electron chi connectivity index (χ1n) is 25.5. The van der Waals surface area contributed by atoms with Gasteiger partial charge in [0.2, 0.25) is 5.91 Å². The Morgan fingerprint density at radius 3 is 1.44 bits per heavy atom. The van der Waals surface area contributed by atoms with E-state index in [1.807, 2.05) is 30.3 Å². The lowest BCUT2D eigenvalue weighted by atomic mass is 9.94. The first-order chi connectivity index (χ1) is 31.1. The van der Waals surface area contributed by atoms with Crippen molar-refractivity contribution in [3.63, 3.8) is 0 Å². The van der Waals surface area contributed by atoms with Crippen LogP contribution in [0.5, 0.6) is 0 Å². The molecular weight excluding hydrogens is 813 g/mol. The van der Waals surface area contributed by atoms with Gasteiger partial charge in [-0.05, 0) is 18.4 Å². The lowest BCUT2D eigenvalue weighted by Crippen LogP contribution is -2.70. The summed E-state index contributed by atoms with van der Waals surface area (Å²) < 4.78 is 29.1. The number of hydrogen-bond donors (Lipinski definition) is 1. The Hall–Kier alpha value is -3.67. The van der Waals surface area contributed by atoms with Gasteiger partial charge in [0.1, 0.15) is 25.4 Å². The monoisotopic (exact) mass is 901 g/mol. The van der Waals surface area contributed by atoms with Crippen molar-refractivity contribution in [2.24, 2.45) is 0 Å². The van der Waals surface area contributed by atoms with Crippen molar-refractivity contribution in [1.82, 2.24) is 10.2 Å². The molecule has 0 aromatic heterocycles. The van der Waals surface area contributed by atoms with Crippen molar-refractivity contribution in [2.75, 3.05) is 13.2 Å². The normalized spacial score (nSPS) is 18.2. The van der Waals surface area contributed by atoms with Crippen LogP contribution in [0.4, 0.5) is 4.79 Å². The van der Waals surface area contributed by atoms with Crippen LogP contribution >= 0.6 is 0 Å². The molecule has 2 rings (SSSR count). The second-order valence-corrected chi connectivity index (χ2v) is 17.9. The van der Waals surface area contributed by atoms with Crippen LogP contribution in [0, 0.1) is 0 Å². The summed E-state index contributed by atoms with van der Waals surface area (Å²) in [4.78, 5) is 66.9. The molecule has 12 heteroatoms. The molecule has 12 nitrogen and oxygen atoms in total. The van der Waals surface area contributed by atoms with E-state index in [9.17, 15) is 24.0 Å². The number of alkyl carbamates (subject to hydrolysis) is 1. The Bertz CT molecular complexity index is 1390. The zero-order valence-electron chi connectivity index (χ0n) is 40.7. The first kappa shape index (κ1) is 56.5. The molecule has 1 aliphatic heterocycles. The highest BCUT2D eigenvalue weighted by atomic mass is 16.6. The second kappa shape index (κ2) is 36.5. The molecule has 0 radical (unpaired) electrons. The quantitative estimate of drug-likeness (QED) is 0.0389. The fourth-order valence-electron chi connectivity index (χ4n) is 8.55. The Balaban J connectivity index is 2.20. The molecule has 64 heavy (non-hydrogen) atoms. The van der Waals surface area contributed by atoms with E-state index in [4.69, 9.17) is 23.7 Å². The van der Waals surface area contributed by atoms with E-state index >= 15 is 0 Å². The molecule has 0 aliphatic carbocycles. The summed E-state index contributed by atoms with van der Waals surface area (Å²) in [7, 11) is 0. The summed E-state index contributed by atoms with van der Waals surface area (Å²) in [5.41, 5.74) is 0.761. The molecule has 366 valence electrons. The van der Waals surface area contributed by atoms with Gasteiger partial charge < -0.3 is 33.9 Å². The van der Waals surface area contributed by atoms with Crippen LogP contribution in [0.3, 0.4) is 0 Å². The highest BCUT2D eigenvalue weighted by Gasteiger charge is 2.53. The van der Waals surface area contributed by atoms with E-state index in [0.29, 0.717) is 19.4 Å². The van der Waals surface area contributed by atoms with Gasteiger partial charge in [-0.15, -0.1) is 0 Å². The number of nitrogens with one attached hydrogen (secondary N) is 1. The Kier molecular flexibility index (Phi) is 32.2. The van der Waals surface area contributed by atoms with Gasteiger partial charge in [-0.3, -0.25) is 19.2 Å². The lowest BCUT2D eigenvalue weighted by molar-refractivity contribution is -0.245. The van der Waals surface area contributed by atoms with E-state index in [-0.39, 0.29) is 25.5 Å². The summed E-state index contributed by atoms with van der Waals surface area (Å²) >= 11 is 0. The van der Waals surface area contributed by atoms with E-state index in [0.717, 1.165) is 44.1 Å². The third-order valence-electron chi connectivity index (χ3n) is 12.1. The van der Waals surface area contributed by atoms with Crippen molar-refractivity contribution in [2.45, 2.75) is 252 Å². The van der Waals surface area contributed by atoms with Gasteiger partial charge in [0, 0.05) is 33.7 Å². The number of unbranched alkanes of at least 4 members (excludes halogenated alkanes) is 25. The number of benzene rings is 1. The number of ether oxygens (including phenoxy) is 5. The zero-order chi connectivity index (χ0) is 46.6. The van der Waals surface area contributed by atoms with Crippen LogP contribution in [0.25, 0.3) is 0 Å². The predicted octanol–water partition coefficient (Wildman–Crippen LogP) is 12.2. The smallest absolute Gasteiger partial charge is 0.407 e. The maximum Gasteiger partial charge on any atom is 0.407 e. The molecule has 1 aromatic rings. The van der Waals surface area contributed by atoms with Crippen LogP contribution < -0.4 is 5.32 Å². The third kappa shape index (κ3) is 26.3. The zero-order valence-corrected chi connectivity index (χ0v) is 40.7. The van der Waals surface area contributed by atoms with Gasteiger partial charge in [0.25, 0.3) is 0 Å². The number of carbonyl (C=O) groups is 5. The largest absolute Gasteiger partial charge is 0.463 e. The molecule has 1 aromatic carbocycles. The number of esters is 3. The lowest BCUT2D eigenvalue weighted by Gasteiger charge is -2.48. The fourth-order valence-corrected chi connectivity index (χ4v) is 8.55. The van der Waals surface area contributed by atoms with Crippen molar-refractivity contribution < 1.29 is 47.7 Å². The highest BCUT2D eigenvalue weighted by molar-refractivity contribution is 5.77. The third-order valence-corrected chi connectivity index (χ3v) is 12.1. The second-order valence-electron chi connectivity index (χ2n) is 17.9. The van der Waals surface area contributed by atoms with Crippen molar-refractivity contribution in [3.05, 3.63) is 35.9 Å². The minimum atomic E-state index is -1.31. The molecule has 1 heterocycles. The van der Waals surface area contributed by atoms with Gasteiger partial charge in [-0.1, -0.05) is 205 Å². The summed E-state index contributed by atoms with van der Waals surface area (Å²) in [5, 5.41) is 2.83. The molecule has 0 unspecified atom stereocenters. The average Bonchev–Trinajstić information content (AvgIpc) is 3.26. The molecule has 1 fully saturated rings. The van der Waals surface area contributed by atoms with E-state index in [1.54, 1.807) is 4.90 Å². The molecule has 2 amide bonds. The molecule has 1 N–H and O–H groups in total. The van der Waals surface area contributed by atoms with Gasteiger partial charge in [-0.25, -0.2) is 4.79 Å². The van der Waals surface area contributed by atoms with Crippen LogP contribution in [0.1, 0.15) is 220 Å². The van der Waals surface area contributed by atoms with E-state index in [2.05, 4.69) is 19.2 Å². The average molecular weight is 901 g/mol. The van der Waals surface area contributed by atoms with Crippen molar-refractivity contribution in [1.29, 1.82) is 0 Å². The van der Waals surface area contributed by atoms with Crippen LogP contribution in [-0.4, -0.2) is 78.5 Å². The molecule has 1 aliphatic rings. The Labute approximate surface area is 387 Å². The number of hydrogen-bond acceptors (Lipinski definition) is 10. The summed E-state index contributed by atoms with van der Waals surface area (Å²) in [6, 6.07) is 7.98. The van der Waals surface area contributed by atoms with Crippen LogP contribution in [0.15, 0.2) is 30.3 Å². The SMILES string of the molecule is CCCCCCCCCCCCCCCCCCN(C(=O)CCCCCCCCCCCCC)[C@@H]1O[C@H](COC(C)=O)[C@H](OC(C)=O)[C@H](OC(C)=O)[C@H]1NC(=O)OCc1ccccc1. The van der Waals surface area contributed by atoms with Crippen LogP contribution in [-0.2, 0) is 49.5 Å². The standard InChI is InChI=1S/C52H88N2O10/c1-6-8-10-12-14-16-18-19-20-21-22-24-26-28-30-35-39-54(47(58)38-34-29-27-25-23-17-15-13-11-9-7-2)51-48(53-52(59)61-40-45-36-32-31-33-37-45)50(63-44(5)57)49(62-43(4)56)46(64-51)41-60-42(3)55/h31-33,36-37,46,48-51H,6-30,34-35,38-41H2,1-5H3,(H,53,59)/t46-,48-,49+,50-,51-/m1/s1. The van der Waals surface area contributed by atoms with E-state index in [1.165, 1.54) is 143 Å². The number of rotatable bonds is 37. The predicted molar refractivity (Wildman–Crippen MR) is 252 cm³/mol. The van der Waals surface area contributed by atoms with Gasteiger partial charge in [0.05, 0.1) is 0 Å². The van der Waals surface area contributed by atoms with Crippen molar-refractivity contribution >= 4 is 29.9 Å². The molecule has 5 atom stereocenters. The van der Waals surface area contributed by atoms with Gasteiger partial charge in [0.15, 0.2) is 18.4 Å². The maximum absolute atomic E-state index is 14.4. The number of carbonyl (C=O) groups excluding carboxylic acids is 5. The Morgan fingerprint density at radius 1 is 0.547 bits per heavy atom. The number of amides is 2. The maximum atomic E-state index is 14.4. The van der Waals surface area contributed by atoms with Crippen LogP contribution in [0.2, 0.25) is 0 Å². The topological polar surface area (TPSA) is 147 Å². The summed E-state index contributed by atoms with van der Waals surface area (Å²) in [6.07, 6.45) is 26.6. The van der Waals surface area contributed by atoms with Gasteiger partial charge in [-0.2, -0.15) is 0 Å². The fraction of sp³-hybridized carbons (Fsp3) is 0.788. The number of nitrogens with zero attached hydrogens (tertiary/aromatic N) is 1. The summed E-state index contributed by atoms with van der Waals surface area (Å²) in [5.74, 6) is -2.15. The molecular formula is C52H88N2O10. The van der Waals surface area contributed by atoms with Crippen molar-refractivity contribution in [3.8, 4) is 0 Å². The highest BCUT2D eigenvalue weighted by Crippen LogP contribution is 2.31. The summed E-state index contributed by atoms with van der Waals surface area (Å²) in [6.45, 7) is 8.11. The first-order valence-corrected chi connectivity index (χ1v) is 25.5. The minimum Gasteiger partial charge on any atom is -0.463 e. The van der Waals surface area contributed by atoms with Gasteiger partial charge >= 0.3 is 24.0 Å². The molecule has 0 bridgehead atoms. The molecule has 0 spiro atoms. The molecule has 0 saturated carbocycles. The Morgan fingerprint density at radius 2 is 0.984 bits per heavy atom. The molecule has 1 saturated heterocycles. The minimum absolute atomic E-state index is 0.0354.